The van der Waals surface area contributed by atoms with Gasteiger partial charge in [-0.2, -0.15) is 0 Å². The van der Waals surface area contributed by atoms with Crippen LogP contribution in [0.25, 0.3) is 11.1 Å². The fraction of sp³-hybridized carbons (Fsp3) is 0.150. The maximum absolute atomic E-state index is 12.9. The Hall–Kier alpha value is -2.64. The van der Waals surface area contributed by atoms with Crippen molar-refractivity contribution in [1.82, 2.24) is 0 Å². The molecule has 3 rings (SSSR count). The van der Waals surface area contributed by atoms with Gasteiger partial charge in [-0.15, -0.1) is 11.3 Å². The molecule has 3 aromatic rings. The van der Waals surface area contributed by atoms with E-state index >= 15 is 0 Å². The summed E-state index contributed by atoms with van der Waals surface area (Å²) in [6.07, 6.45) is 0.197. The lowest BCUT2D eigenvalue weighted by Crippen LogP contribution is -2.15. The molecule has 0 unspecified atom stereocenters. The molecule has 0 aliphatic carbocycles. The molecule has 1 aromatic heterocycles. The van der Waals surface area contributed by atoms with Crippen molar-refractivity contribution in [3.05, 3.63) is 65.5 Å². The molecule has 0 atom stereocenters. The molecule has 2 aromatic carbocycles. The van der Waals surface area contributed by atoms with Gasteiger partial charge in [0.05, 0.1) is 4.90 Å². The largest absolute Gasteiger partial charge is 0.413 e. The zero-order valence-corrected chi connectivity index (χ0v) is 16.6. The first-order valence-electron chi connectivity index (χ1n) is 8.38. The third-order valence-electron chi connectivity index (χ3n) is 3.87. The first kappa shape index (κ1) is 19.1. The van der Waals surface area contributed by atoms with Crippen molar-refractivity contribution in [2.45, 2.75) is 25.2 Å². The highest BCUT2D eigenvalue weighted by molar-refractivity contribution is 7.92. The van der Waals surface area contributed by atoms with Crippen LogP contribution in [0.3, 0.4) is 0 Å². The second-order valence-corrected chi connectivity index (χ2v) is 8.45. The van der Waals surface area contributed by atoms with E-state index < -0.39 is 16.0 Å². The molecule has 140 valence electrons. The number of sulfonamides is 1. The second kappa shape index (κ2) is 7.94. The van der Waals surface area contributed by atoms with Gasteiger partial charge in [0, 0.05) is 17.4 Å². The highest BCUT2D eigenvalue weighted by Gasteiger charge is 2.23. The van der Waals surface area contributed by atoms with Gasteiger partial charge in [0.2, 0.25) is 5.06 Å². The summed E-state index contributed by atoms with van der Waals surface area (Å²) >= 11 is 1.18. The number of hydrogen-bond donors (Lipinski definition) is 1. The second-order valence-electron chi connectivity index (χ2n) is 5.93. The number of ether oxygens (including phenoxy) is 1. The molecule has 0 aliphatic rings. The summed E-state index contributed by atoms with van der Waals surface area (Å²) in [4.78, 5) is 11.9. The minimum atomic E-state index is -3.84. The fourth-order valence-corrected chi connectivity index (χ4v) is 4.64. The van der Waals surface area contributed by atoms with Crippen LogP contribution >= 0.6 is 11.3 Å². The summed E-state index contributed by atoms with van der Waals surface area (Å²) in [6.45, 7) is 3.51. The van der Waals surface area contributed by atoms with E-state index in [1.165, 1.54) is 17.4 Å². The third kappa shape index (κ3) is 4.37. The Morgan fingerprint density at radius 1 is 1.11 bits per heavy atom. The first-order valence-corrected chi connectivity index (χ1v) is 10.7. The first-order chi connectivity index (χ1) is 12.9. The van der Waals surface area contributed by atoms with Crippen LogP contribution in [-0.2, 0) is 14.8 Å². The maximum Gasteiger partial charge on any atom is 0.311 e. The Balaban J connectivity index is 2.06. The van der Waals surface area contributed by atoms with Gasteiger partial charge < -0.3 is 4.74 Å². The number of hydrogen-bond acceptors (Lipinski definition) is 5. The molecular formula is C20H19NO4S2. The Morgan fingerprint density at radius 3 is 2.52 bits per heavy atom. The molecule has 0 fully saturated rings. The van der Waals surface area contributed by atoms with E-state index in [2.05, 4.69) is 4.72 Å². The summed E-state index contributed by atoms with van der Waals surface area (Å²) < 4.78 is 33.8. The zero-order chi connectivity index (χ0) is 19.4. The van der Waals surface area contributed by atoms with Gasteiger partial charge in [-0.1, -0.05) is 49.4 Å². The average Bonchev–Trinajstić information content (AvgIpc) is 3.04. The Morgan fingerprint density at radius 2 is 1.85 bits per heavy atom. The summed E-state index contributed by atoms with van der Waals surface area (Å²) in [6, 6.07) is 16.0. The number of nitrogens with one attached hydrogen (secondary N) is 1. The van der Waals surface area contributed by atoms with Crippen molar-refractivity contribution >= 4 is 33.0 Å². The molecule has 0 aliphatic heterocycles. The summed E-state index contributed by atoms with van der Waals surface area (Å²) in [7, 11) is -3.84. The van der Waals surface area contributed by atoms with Crippen LogP contribution in [-0.4, -0.2) is 14.4 Å². The fourth-order valence-electron chi connectivity index (χ4n) is 2.49. The zero-order valence-electron chi connectivity index (χ0n) is 14.9. The van der Waals surface area contributed by atoms with Gasteiger partial charge in [-0.05, 0) is 30.2 Å². The van der Waals surface area contributed by atoms with Crippen LogP contribution in [0.1, 0.15) is 18.9 Å². The number of thiophene rings is 1. The standard InChI is InChI=1S/C20H19NO4S2/c1-3-18(22)25-20-19(17(13-26-20)15-9-5-4-6-10-15)21-27(23,24)16-11-7-8-14(2)12-16/h4-13,21H,3H2,1-2H3. The Kier molecular flexibility index (Phi) is 5.62. The molecule has 0 amide bonds. The minimum absolute atomic E-state index is 0.153. The Bertz CT molecular complexity index is 1060. The van der Waals surface area contributed by atoms with Gasteiger partial charge in [-0.25, -0.2) is 8.42 Å². The van der Waals surface area contributed by atoms with Crippen LogP contribution in [0.15, 0.2) is 64.9 Å². The highest BCUT2D eigenvalue weighted by Crippen LogP contribution is 2.43. The van der Waals surface area contributed by atoms with Crippen LogP contribution in [0.5, 0.6) is 5.06 Å². The van der Waals surface area contributed by atoms with Crippen LogP contribution in [0.2, 0.25) is 0 Å². The van der Waals surface area contributed by atoms with Crippen molar-refractivity contribution in [2.24, 2.45) is 0 Å². The van der Waals surface area contributed by atoms with Gasteiger partial charge in [-0.3, -0.25) is 9.52 Å². The lowest BCUT2D eigenvalue weighted by molar-refractivity contribution is -0.133. The molecule has 1 N–H and O–H groups in total. The van der Waals surface area contributed by atoms with Gasteiger partial charge in [0.1, 0.15) is 5.69 Å². The lowest BCUT2D eigenvalue weighted by atomic mass is 10.1. The number of aryl methyl sites for hydroxylation is 1. The molecular weight excluding hydrogens is 382 g/mol. The number of rotatable bonds is 6. The van der Waals surface area contributed by atoms with E-state index in [4.69, 9.17) is 4.74 Å². The number of anilines is 1. The number of esters is 1. The van der Waals surface area contributed by atoms with Gasteiger partial charge >= 0.3 is 5.97 Å². The quantitative estimate of drug-likeness (QED) is 0.600. The van der Waals surface area contributed by atoms with Crippen LogP contribution < -0.4 is 9.46 Å². The third-order valence-corrected chi connectivity index (χ3v) is 6.08. The molecule has 1 heterocycles. The van der Waals surface area contributed by atoms with Gasteiger partial charge in [0.25, 0.3) is 10.0 Å². The van der Waals surface area contributed by atoms with E-state index in [1.807, 2.05) is 43.3 Å². The molecule has 7 heteroatoms. The average molecular weight is 402 g/mol. The predicted molar refractivity (Wildman–Crippen MR) is 108 cm³/mol. The van der Waals surface area contributed by atoms with Crippen molar-refractivity contribution in [3.63, 3.8) is 0 Å². The Labute approximate surface area is 162 Å². The molecule has 0 bridgehead atoms. The van der Waals surface area contributed by atoms with Crippen molar-refractivity contribution in [3.8, 4) is 16.2 Å². The maximum atomic E-state index is 12.9. The number of carbonyl (C=O) groups is 1. The van der Waals surface area contributed by atoms with Crippen LogP contribution in [0, 0.1) is 6.92 Å². The smallest absolute Gasteiger partial charge is 0.311 e. The van der Waals surface area contributed by atoms with Crippen molar-refractivity contribution < 1.29 is 17.9 Å². The van der Waals surface area contributed by atoms with E-state index in [-0.39, 0.29) is 22.1 Å². The van der Waals surface area contributed by atoms with E-state index in [0.29, 0.717) is 5.56 Å². The number of carbonyl (C=O) groups excluding carboxylic acids is 1. The SMILES string of the molecule is CCC(=O)Oc1scc(-c2ccccc2)c1NS(=O)(=O)c1cccc(C)c1. The molecule has 0 radical (unpaired) electrons. The van der Waals surface area contributed by atoms with Crippen LogP contribution in [0.4, 0.5) is 5.69 Å². The van der Waals surface area contributed by atoms with Crippen molar-refractivity contribution in [1.29, 1.82) is 0 Å². The van der Waals surface area contributed by atoms with E-state index in [1.54, 1.807) is 24.4 Å². The van der Waals surface area contributed by atoms with Crippen molar-refractivity contribution in [2.75, 3.05) is 4.72 Å². The molecule has 27 heavy (non-hydrogen) atoms. The monoisotopic (exact) mass is 401 g/mol. The van der Waals surface area contributed by atoms with E-state index in [9.17, 15) is 13.2 Å². The molecule has 5 nitrogen and oxygen atoms in total. The predicted octanol–water partition coefficient (Wildman–Crippen LogP) is 4.84. The summed E-state index contributed by atoms with van der Waals surface area (Å²) in [5.74, 6) is -0.424. The molecule has 0 saturated carbocycles. The normalized spacial score (nSPS) is 11.2. The van der Waals surface area contributed by atoms with E-state index in [0.717, 1.165) is 11.1 Å². The number of benzene rings is 2. The minimum Gasteiger partial charge on any atom is -0.413 e. The molecule has 0 saturated heterocycles. The topological polar surface area (TPSA) is 72.5 Å². The van der Waals surface area contributed by atoms with Gasteiger partial charge in [0.15, 0.2) is 0 Å². The molecule has 0 spiro atoms. The summed E-state index contributed by atoms with van der Waals surface area (Å²) in [5.41, 5.74) is 2.60. The lowest BCUT2D eigenvalue weighted by Gasteiger charge is -2.12. The highest BCUT2D eigenvalue weighted by atomic mass is 32.2. The summed E-state index contributed by atoms with van der Waals surface area (Å²) in [5, 5.41) is 2.01.